The van der Waals surface area contributed by atoms with E-state index in [1.54, 1.807) is 32.4 Å². The minimum atomic E-state index is -5.11. The van der Waals surface area contributed by atoms with Gasteiger partial charge >= 0.3 is 6.18 Å². The number of carbonyl (C=O) groups excluding carboxylic acids is 4. The molecule has 2 heterocycles. The van der Waals surface area contributed by atoms with Gasteiger partial charge in [-0.15, -0.1) is 0 Å². The molecule has 1 fully saturated rings. The van der Waals surface area contributed by atoms with Gasteiger partial charge in [0.25, 0.3) is 11.7 Å². The summed E-state index contributed by atoms with van der Waals surface area (Å²) in [7, 11) is 0. The number of ketones is 1. The van der Waals surface area contributed by atoms with Gasteiger partial charge in [0.2, 0.25) is 11.8 Å². The number of alkyl halides is 3. The Balaban J connectivity index is 1.80. The zero-order valence-corrected chi connectivity index (χ0v) is 23.5. The van der Waals surface area contributed by atoms with E-state index < -0.39 is 53.7 Å². The first kappa shape index (κ1) is 30.8. The zero-order chi connectivity index (χ0) is 29.9. The second-order valence-corrected chi connectivity index (χ2v) is 10.8. The van der Waals surface area contributed by atoms with E-state index in [0.29, 0.717) is 23.4 Å². The quantitative estimate of drug-likeness (QED) is 0.485. The van der Waals surface area contributed by atoms with Crippen LogP contribution in [-0.4, -0.2) is 69.0 Å². The third kappa shape index (κ3) is 6.53. The molecule has 3 amide bonds. The molecule has 1 aromatic carbocycles. The third-order valence-corrected chi connectivity index (χ3v) is 7.10. The number of nitrogens with one attached hydrogen (secondary N) is 2. The summed E-state index contributed by atoms with van der Waals surface area (Å²) in [5, 5.41) is 9.50. The molecule has 1 aromatic heterocycles. The fourth-order valence-corrected chi connectivity index (χ4v) is 4.96. The van der Waals surface area contributed by atoms with Crippen LogP contribution in [0.4, 0.5) is 13.2 Å². The Morgan fingerprint density at radius 1 is 0.950 bits per heavy atom. The highest BCUT2D eigenvalue weighted by molar-refractivity contribution is 6.00. The molecule has 9 nitrogen and oxygen atoms in total. The van der Waals surface area contributed by atoms with Crippen LogP contribution in [0.2, 0.25) is 0 Å². The molecular formula is C28H36F3N5O4. The molecule has 0 bridgehead atoms. The summed E-state index contributed by atoms with van der Waals surface area (Å²) < 4.78 is 40.9. The van der Waals surface area contributed by atoms with Crippen molar-refractivity contribution >= 4 is 23.5 Å². The van der Waals surface area contributed by atoms with E-state index in [2.05, 4.69) is 15.7 Å². The van der Waals surface area contributed by atoms with Crippen LogP contribution in [0.3, 0.4) is 0 Å². The topological polar surface area (TPSA) is 113 Å². The number of hydrogen-bond donors (Lipinski definition) is 2. The van der Waals surface area contributed by atoms with E-state index in [1.807, 2.05) is 30.3 Å². The van der Waals surface area contributed by atoms with E-state index in [0.717, 1.165) is 5.69 Å². The molecular weight excluding hydrogens is 527 g/mol. The number of halogens is 3. The minimum Gasteiger partial charge on any atom is -0.344 e. The summed E-state index contributed by atoms with van der Waals surface area (Å²) in [6.45, 7) is 9.94. The molecule has 1 aliphatic heterocycles. The molecule has 0 unspecified atom stereocenters. The Hall–Kier alpha value is -3.70. The first-order valence-corrected chi connectivity index (χ1v) is 13.3. The predicted molar refractivity (Wildman–Crippen MR) is 142 cm³/mol. The molecule has 0 aliphatic carbocycles. The lowest BCUT2D eigenvalue weighted by molar-refractivity contribution is -0.175. The Kier molecular flexibility index (Phi) is 9.42. The highest BCUT2D eigenvalue weighted by atomic mass is 19.4. The van der Waals surface area contributed by atoms with Crippen molar-refractivity contribution in [3.05, 3.63) is 47.3 Å². The number of hydrogen-bond acceptors (Lipinski definition) is 5. The van der Waals surface area contributed by atoms with Gasteiger partial charge < -0.3 is 15.5 Å². The first-order chi connectivity index (χ1) is 18.6. The van der Waals surface area contributed by atoms with Gasteiger partial charge in [-0.25, -0.2) is 4.68 Å². The summed E-state index contributed by atoms with van der Waals surface area (Å²) in [5.41, 5.74) is 2.15. The van der Waals surface area contributed by atoms with Crippen molar-refractivity contribution in [1.29, 1.82) is 0 Å². The standard InChI is InChI=1S/C28H36F3N5O4/c1-15(2)22(24(37)28(29,30)31)32-25(38)20-13-10-14-35(20)27(40)23(16(3)4)33-26(39)21-17(5)34-36(18(21)6)19-11-8-7-9-12-19/h7-9,11-12,15-16,20,22-23H,10,13-14H2,1-6H3,(H,32,38)(H,33,39)/t20-,22-,23-/m0/s1. The van der Waals surface area contributed by atoms with Gasteiger partial charge in [0.15, 0.2) is 0 Å². The molecule has 40 heavy (non-hydrogen) atoms. The maximum absolute atomic E-state index is 13.6. The number of Topliss-reactive ketones (excluding diaryl/α,β-unsaturated/α-hetero) is 1. The van der Waals surface area contributed by atoms with E-state index in [-0.39, 0.29) is 18.9 Å². The molecule has 12 heteroatoms. The molecule has 0 saturated carbocycles. The second kappa shape index (κ2) is 12.2. The summed E-state index contributed by atoms with van der Waals surface area (Å²) in [4.78, 5) is 53.3. The van der Waals surface area contributed by atoms with Gasteiger partial charge in [0.05, 0.1) is 28.7 Å². The van der Waals surface area contributed by atoms with E-state index in [9.17, 15) is 32.3 Å². The van der Waals surface area contributed by atoms with Gasteiger partial charge in [-0.2, -0.15) is 18.3 Å². The van der Waals surface area contributed by atoms with Crippen molar-refractivity contribution < 1.29 is 32.3 Å². The largest absolute Gasteiger partial charge is 0.452 e. The SMILES string of the molecule is Cc1nn(-c2ccccc2)c(C)c1C(=O)N[C@H](C(=O)N1CCC[C@H]1C(=O)N[C@H](C(=O)C(F)(F)F)C(C)C)C(C)C. The molecule has 218 valence electrons. The summed E-state index contributed by atoms with van der Waals surface area (Å²) in [6.07, 6.45) is -4.43. The van der Waals surface area contributed by atoms with Crippen molar-refractivity contribution in [2.45, 2.75) is 78.7 Å². The number of aryl methyl sites for hydroxylation is 1. The zero-order valence-electron chi connectivity index (χ0n) is 23.5. The molecule has 3 atom stereocenters. The maximum atomic E-state index is 13.6. The molecule has 1 aliphatic rings. The van der Waals surface area contributed by atoms with E-state index in [4.69, 9.17) is 0 Å². The van der Waals surface area contributed by atoms with Crippen molar-refractivity contribution in [1.82, 2.24) is 25.3 Å². The average Bonchev–Trinajstić information content (AvgIpc) is 3.49. The normalized spacial score (nSPS) is 17.2. The number of benzene rings is 1. The van der Waals surface area contributed by atoms with Gasteiger partial charge in [0.1, 0.15) is 12.1 Å². The van der Waals surface area contributed by atoms with E-state index >= 15 is 0 Å². The van der Waals surface area contributed by atoms with Gasteiger partial charge in [-0.05, 0) is 50.7 Å². The Morgan fingerprint density at radius 3 is 2.10 bits per heavy atom. The van der Waals surface area contributed by atoms with Gasteiger partial charge in [-0.1, -0.05) is 45.9 Å². The van der Waals surface area contributed by atoms with Crippen LogP contribution in [0.15, 0.2) is 30.3 Å². The van der Waals surface area contributed by atoms with Crippen molar-refractivity contribution in [2.75, 3.05) is 6.54 Å². The van der Waals surface area contributed by atoms with Crippen molar-refractivity contribution in [3.8, 4) is 5.69 Å². The van der Waals surface area contributed by atoms with Crippen molar-refractivity contribution in [2.24, 2.45) is 11.8 Å². The van der Waals surface area contributed by atoms with E-state index in [1.165, 1.54) is 18.7 Å². The second-order valence-electron chi connectivity index (χ2n) is 10.8. The summed E-state index contributed by atoms with van der Waals surface area (Å²) in [5.74, 6) is -5.06. The van der Waals surface area contributed by atoms with Crippen LogP contribution in [0, 0.1) is 25.7 Å². The van der Waals surface area contributed by atoms with Crippen LogP contribution in [0.25, 0.3) is 5.69 Å². The Morgan fingerprint density at radius 2 is 1.55 bits per heavy atom. The number of amides is 3. The van der Waals surface area contributed by atoms with Crippen molar-refractivity contribution in [3.63, 3.8) is 0 Å². The molecule has 2 aromatic rings. The van der Waals surface area contributed by atoms with Crippen LogP contribution < -0.4 is 10.6 Å². The van der Waals surface area contributed by atoms with Crippen LogP contribution in [0.1, 0.15) is 62.3 Å². The number of nitrogens with zero attached hydrogens (tertiary/aromatic N) is 3. The number of likely N-dealkylation sites (tertiary alicyclic amines) is 1. The highest BCUT2D eigenvalue weighted by Gasteiger charge is 2.46. The maximum Gasteiger partial charge on any atom is 0.452 e. The number of carbonyl (C=O) groups is 4. The number of aromatic nitrogens is 2. The molecule has 3 rings (SSSR count). The molecule has 0 spiro atoms. The van der Waals surface area contributed by atoms with Gasteiger partial charge in [0, 0.05) is 6.54 Å². The summed E-state index contributed by atoms with van der Waals surface area (Å²) in [6, 6.07) is 5.45. The van der Waals surface area contributed by atoms with Crippen LogP contribution >= 0.6 is 0 Å². The Labute approximate surface area is 231 Å². The average molecular weight is 564 g/mol. The number of para-hydroxylation sites is 1. The molecule has 1 saturated heterocycles. The first-order valence-electron chi connectivity index (χ1n) is 13.3. The minimum absolute atomic E-state index is 0.194. The Bertz CT molecular complexity index is 1260. The van der Waals surface area contributed by atoms with Gasteiger partial charge in [-0.3, -0.25) is 19.2 Å². The predicted octanol–water partition coefficient (Wildman–Crippen LogP) is 3.51. The molecule has 0 radical (unpaired) electrons. The monoisotopic (exact) mass is 563 g/mol. The lowest BCUT2D eigenvalue weighted by atomic mass is 9.98. The fraction of sp³-hybridized carbons (Fsp3) is 0.536. The lowest BCUT2D eigenvalue weighted by Crippen LogP contribution is -2.58. The summed E-state index contributed by atoms with van der Waals surface area (Å²) >= 11 is 0. The molecule has 2 N–H and O–H groups in total. The smallest absolute Gasteiger partial charge is 0.344 e. The number of rotatable bonds is 9. The third-order valence-electron chi connectivity index (χ3n) is 7.10. The van der Waals surface area contributed by atoms with Crippen LogP contribution in [0.5, 0.6) is 0 Å². The highest BCUT2D eigenvalue weighted by Crippen LogP contribution is 2.25. The van der Waals surface area contributed by atoms with Crippen LogP contribution in [-0.2, 0) is 14.4 Å². The lowest BCUT2D eigenvalue weighted by Gasteiger charge is -2.32. The fourth-order valence-electron chi connectivity index (χ4n) is 4.96.